The number of hydrogen-bond donors (Lipinski definition) is 1. The molecular weight excluding hydrogens is 274 g/mol. The molecule has 0 spiro atoms. The third-order valence-corrected chi connectivity index (χ3v) is 3.22. The predicted molar refractivity (Wildman–Crippen MR) is 73.7 cm³/mol. The van der Waals surface area contributed by atoms with Crippen LogP contribution < -0.4 is 4.72 Å². The van der Waals surface area contributed by atoms with Crippen LogP contribution in [-0.2, 0) is 10.0 Å². The van der Waals surface area contributed by atoms with Crippen molar-refractivity contribution in [1.29, 1.82) is 0 Å². The van der Waals surface area contributed by atoms with E-state index in [-0.39, 0.29) is 16.5 Å². The van der Waals surface area contributed by atoms with Gasteiger partial charge >= 0.3 is 0 Å². The average molecular weight is 290 g/mol. The smallest absolute Gasteiger partial charge is 0.229 e. The Kier molecular flexibility index (Phi) is 4.08. The highest BCUT2D eigenvalue weighted by Gasteiger charge is 2.26. The fourth-order valence-electron chi connectivity index (χ4n) is 1.39. The van der Waals surface area contributed by atoms with Gasteiger partial charge in [-0.3, -0.25) is 9.52 Å². The van der Waals surface area contributed by atoms with Crippen LogP contribution in [0.2, 0.25) is 5.02 Å². The summed E-state index contributed by atoms with van der Waals surface area (Å²) in [5.74, 6) is -0.135. The normalized spacial score (nSPS) is 12.3. The van der Waals surface area contributed by atoms with Gasteiger partial charge in [-0.25, -0.2) is 8.42 Å². The number of Topliss-reactive ketones (excluding diaryl/α,β-unsaturated/α-hetero) is 1. The lowest BCUT2D eigenvalue weighted by Crippen LogP contribution is -2.21. The number of halogens is 1. The van der Waals surface area contributed by atoms with E-state index in [0.29, 0.717) is 5.56 Å². The molecule has 6 heteroatoms. The molecule has 0 radical (unpaired) electrons. The summed E-state index contributed by atoms with van der Waals surface area (Å²) in [4.78, 5) is 12.1. The van der Waals surface area contributed by atoms with Crippen LogP contribution in [-0.4, -0.2) is 20.5 Å². The second-order valence-electron chi connectivity index (χ2n) is 5.12. The first-order valence-electron chi connectivity index (χ1n) is 5.33. The average Bonchev–Trinajstić information content (AvgIpc) is 2.17. The minimum atomic E-state index is -3.42. The van der Waals surface area contributed by atoms with Crippen molar-refractivity contribution in [2.24, 2.45) is 5.41 Å². The first kappa shape index (κ1) is 15.0. The standard InChI is InChI=1S/C12H16ClNO3S/c1-12(2,3)11(15)8-6-5-7-9(10(8)13)14-18(4,16)17/h5-7,14H,1-4H3. The van der Waals surface area contributed by atoms with Crippen LogP contribution in [0.3, 0.4) is 0 Å². The molecule has 0 fully saturated rings. The van der Waals surface area contributed by atoms with Gasteiger partial charge < -0.3 is 0 Å². The Hall–Kier alpha value is -1.07. The maximum atomic E-state index is 12.1. The molecule has 0 aliphatic rings. The molecule has 0 saturated carbocycles. The summed E-state index contributed by atoms with van der Waals surface area (Å²) >= 11 is 6.07. The number of nitrogens with one attached hydrogen (secondary N) is 1. The van der Waals surface area contributed by atoms with E-state index in [9.17, 15) is 13.2 Å². The summed E-state index contributed by atoms with van der Waals surface area (Å²) < 4.78 is 24.6. The van der Waals surface area contributed by atoms with Crippen molar-refractivity contribution in [3.05, 3.63) is 28.8 Å². The first-order chi connectivity index (χ1) is 8.02. The van der Waals surface area contributed by atoms with Crippen LogP contribution in [0.1, 0.15) is 31.1 Å². The number of anilines is 1. The lowest BCUT2D eigenvalue weighted by Gasteiger charge is -2.18. The maximum Gasteiger partial charge on any atom is 0.229 e. The molecular formula is C12H16ClNO3S. The number of sulfonamides is 1. The third kappa shape index (κ3) is 3.71. The monoisotopic (exact) mass is 289 g/mol. The highest BCUT2D eigenvalue weighted by Crippen LogP contribution is 2.31. The zero-order valence-corrected chi connectivity index (χ0v) is 12.3. The summed E-state index contributed by atoms with van der Waals surface area (Å²) in [6.07, 6.45) is 1.03. The Bertz CT molecular complexity index is 573. The lowest BCUT2D eigenvalue weighted by atomic mass is 9.86. The molecule has 0 heterocycles. The Labute approximate surface area is 112 Å². The van der Waals surface area contributed by atoms with E-state index >= 15 is 0 Å². The fourth-order valence-corrected chi connectivity index (χ4v) is 2.27. The third-order valence-electron chi connectivity index (χ3n) is 2.22. The van der Waals surface area contributed by atoms with Gasteiger partial charge in [0.25, 0.3) is 0 Å². The van der Waals surface area contributed by atoms with Crippen LogP contribution in [0.25, 0.3) is 0 Å². The highest BCUT2D eigenvalue weighted by molar-refractivity contribution is 7.92. The molecule has 0 unspecified atom stereocenters. The summed E-state index contributed by atoms with van der Waals surface area (Å²) in [6, 6.07) is 4.70. The number of carbonyl (C=O) groups is 1. The molecule has 1 rings (SSSR count). The van der Waals surface area contributed by atoms with E-state index in [4.69, 9.17) is 11.6 Å². The van der Waals surface area contributed by atoms with Crippen molar-refractivity contribution in [1.82, 2.24) is 0 Å². The Morgan fingerprint density at radius 3 is 2.28 bits per heavy atom. The van der Waals surface area contributed by atoms with Gasteiger partial charge in [-0.2, -0.15) is 0 Å². The SMILES string of the molecule is CC(C)(C)C(=O)c1cccc(NS(C)(=O)=O)c1Cl. The molecule has 1 aromatic rings. The molecule has 1 aromatic carbocycles. The quantitative estimate of drug-likeness (QED) is 0.870. The van der Waals surface area contributed by atoms with Crippen LogP contribution >= 0.6 is 11.6 Å². The Morgan fingerprint density at radius 2 is 1.83 bits per heavy atom. The molecule has 0 atom stereocenters. The zero-order valence-electron chi connectivity index (χ0n) is 10.7. The van der Waals surface area contributed by atoms with Gasteiger partial charge in [-0.15, -0.1) is 0 Å². The van der Waals surface area contributed by atoms with E-state index in [1.54, 1.807) is 32.9 Å². The molecule has 0 aliphatic heterocycles. The van der Waals surface area contributed by atoms with Gasteiger partial charge in [-0.05, 0) is 12.1 Å². The number of carbonyl (C=O) groups excluding carboxylic acids is 1. The van der Waals surface area contributed by atoms with Crippen molar-refractivity contribution < 1.29 is 13.2 Å². The number of rotatable bonds is 3. The van der Waals surface area contributed by atoms with E-state index < -0.39 is 15.4 Å². The number of benzene rings is 1. The fraction of sp³-hybridized carbons (Fsp3) is 0.417. The molecule has 4 nitrogen and oxygen atoms in total. The molecule has 0 bridgehead atoms. The summed E-state index contributed by atoms with van der Waals surface area (Å²) in [5.41, 5.74) is -0.0417. The Morgan fingerprint density at radius 1 is 1.28 bits per heavy atom. The second-order valence-corrected chi connectivity index (χ2v) is 7.25. The van der Waals surface area contributed by atoms with Crippen LogP contribution in [0, 0.1) is 5.41 Å². The van der Waals surface area contributed by atoms with Crippen molar-refractivity contribution in [2.45, 2.75) is 20.8 Å². The van der Waals surface area contributed by atoms with E-state index in [1.807, 2.05) is 0 Å². The molecule has 0 aromatic heterocycles. The predicted octanol–water partition coefficient (Wildman–Crippen LogP) is 2.94. The van der Waals surface area contributed by atoms with Gasteiger partial charge in [0.05, 0.1) is 17.0 Å². The number of hydrogen-bond acceptors (Lipinski definition) is 3. The van der Waals surface area contributed by atoms with E-state index in [0.717, 1.165) is 6.26 Å². The largest absolute Gasteiger partial charge is 0.294 e. The lowest BCUT2D eigenvalue weighted by molar-refractivity contribution is 0.0858. The van der Waals surface area contributed by atoms with E-state index in [1.165, 1.54) is 6.07 Å². The van der Waals surface area contributed by atoms with Crippen LogP contribution in [0.4, 0.5) is 5.69 Å². The van der Waals surface area contributed by atoms with Gasteiger partial charge in [-0.1, -0.05) is 38.4 Å². The van der Waals surface area contributed by atoms with Crippen molar-refractivity contribution in [3.63, 3.8) is 0 Å². The topological polar surface area (TPSA) is 63.2 Å². The van der Waals surface area contributed by atoms with Crippen molar-refractivity contribution >= 4 is 33.1 Å². The number of ketones is 1. The van der Waals surface area contributed by atoms with Crippen molar-refractivity contribution in [2.75, 3.05) is 11.0 Å². The van der Waals surface area contributed by atoms with Crippen LogP contribution in [0.5, 0.6) is 0 Å². The second kappa shape index (κ2) is 4.90. The molecule has 100 valence electrons. The first-order valence-corrected chi connectivity index (χ1v) is 7.60. The van der Waals surface area contributed by atoms with Gasteiger partial charge in [0.1, 0.15) is 0 Å². The molecule has 1 N–H and O–H groups in total. The zero-order chi connectivity index (χ0) is 14.1. The van der Waals surface area contributed by atoms with Gasteiger partial charge in [0, 0.05) is 11.0 Å². The van der Waals surface area contributed by atoms with Crippen molar-refractivity contribution in [3.8, 4) is 0 Å². The molecule has 0 saturated heterocycles. The van der Waals surface area contributed by atoms with Crippen LogP contribution in [0.15, 0.2) is 18.2 Å². The molecule has 18 heavy (non-hydrogen) atoms. The highest BCUT2D eigenvalue weighted by atomic mass is 35.5. The summed E-state index contributed by atoms with van der Waals surface area (Å²) in [6.45, 7) is 5.34. The summed E-state index contributed by atoms with van der Waals surface area (Å²) in [5, 5.41) is 0.128. The Balaban J connectivity index is 3.26. The molecule has 0 amide bonds. The maximum absolute atomic E-state index is 12.1. The summed E-state index contributed by atoms with van der Waals surface area (Å²) in [7, 11) is -3.42. The van der Waals surface area contributed by atoms with Gasteiger partial charge in [0.2, 0.25) is 10.0 Å². The minimum Gasteiger partial charge on any atom is -0.294 e. The van der Waals surface area contributed by atoms with E-state index in [2.05, 4.69) is 4.72 Å². The van der Waals surface area contributed by atoms with Gasteiger partial charge in [0.15, 0.2) is 5.78 Å². The molecule has 0 aliphatic carbocycles. The minimum absolute atomic E-state index is 0.128.